The predicted molar refractivity (Wildman–Crippen MR) is 77.0 cm³/mol. The van der Waals surface area contributed by atoms with Gasteiger partial charge in [0.25, 0.3) is 0 Å². The van der Waals surface area contributed by atoms with Crippen LogP contribution in [0.25, 0.3) is 11.1 Å². The molecule has 0 spiro atoms. The monoisotopic (exact) mass is 279 g/mol. The van der Waals surface area contributed by atoms with E-state index >= 15 is 0 Å². The third-order valence-corrected chi connectivity index (χ3v) is 3.03. The van der Waals surface area contributed by atoms with Crippen LogP contribution in [0.1, 0.15) is 13.3 Å². The first-order valence-electron chi connectivity index (χ1n) is 6.09. The zero-order chi connectivity index (χ0) is 13.8. The zero-order valence-electron chi connectivity index (χ0n) is 10.6. The lowest BCUT2D eigenvalue weighted by Crippen LogP contribution is -1.95. The van der Waals surface area contributed by atoms with Crippen molar-refractivity contribution >= 4 is 17.3 Å². The average Bonchev–Trinajstić information content (AvgIpc) is 2.42. The maximum absolute atomic E-state index is 13.6. The summed E-state index contributed by atoms with van der Waals surface area (Å²) in [7, 11) is 0. The Kier molecular flexibility index (Phi) is 4.27. The Morgan fingerprint density at radius 1 is 1.21 bits per heavy atom. The summed E-state index contributed by atoms with van der Waals surface area (Å²) in [5, 5.41) is 0.217. The van der Waals surface area contributed by atoms with Crippen molar-refractivity contribution < 1.29 is 9.13 Å². The van der Waals surface area contributed by atoms with E-state index in [0.717, 1.165) is 17.7 Å². The molecule has 2 nitrogen and oxygen atoms in total. The summed E-state index contributed by atoms with van der Waals surface area (Å²) in [4.78, 5) is 0. The van der Waals surface area contributed by atoms with E-state index in [4.69, 9.17) is 22.1 Å². The second-order valence-electron chi connectivity index (χ2n) is 4.23. The smallest absolute Gasteiger partial charge is 0.148 e. The quantitative estimate of drug-likeness (QED) is 0.835. The van der Waals surface area contributed by atoms with Crippen molar-refractivity contribution in [2.75, 3.05) is 12.3 Å². The molecule has 0 unspecified atom stereocenters. The van der Waals surface area contributed by atoms with Crippen LogP contribution in [0.3, 0.4) is 0 Å². The minimum atomic E-state index is -0.512. The average molecular weight is 280 g/mol. The van der Waals surface area contributed by atoms with Crippen LogP contribution in [0, 0.1) is 5.82 Å². The van der Waals surface area contributed by atoms with Crippen LogP contribution in [0.4, 0.5) is 10.1 Å². The molecule has 0 amide bonds. The van der Waals surface area contributed by atoms with Crippen molar-refractivity contribution in [3.8, 4) is 16.9 Å². The van der Waals surface area contributed by atoms with E-state index in [0.29, 0.717) is 12.2 Å². The van der Waals surface area contributed by atoms with Crippen LogP contribution >= 0.6 is 11.6 Å². The summed E-state index contributed by atoms with van der Waals surface area (Å²) in [6, 6.07) is 10.5. The van der Waals surface area contributed by atoms with Gasteiger partial charge in [0.05, 0.1) is 17.3 Å². The number of hydrogen-bond acceptors (Lipinski definition) is 2. The summed E-state index contributed by atoms with van der Waals surface area (Å²) >= 11 is 5.90. The first-order chi connectivity index (χ1) is 9.11. The highest BCUT2D eigenvalue weighted by atomic mass is 35.5. The fourth-order valence-corrected chi connectivity index (χ4v) is 1.94. The molecule has 0 radical (unpaired) electrons. The van der Waals surface area contributed by atoms with Gasteiger partial charge in [0.2, 0.25) is 0 Å². The Hall–Kier alpha value is -1.74. The number of rotatable bonds is 4. The van der Waals surface area contributed by atoms with Crippen LogP contribution in [0.5, 0.6) is 5.75 Å². The fraction of sp³-hybridized carbons (Fsp3) is 0.200. The molecule has 0 aliphatic carbocycles. The molecule has 0 atom stereocenters. The number of nitrogens with two attached hydrogens (primary N) is 1. The van der Waals surface area contributed by atoms with Gasteiger partial charge in [0, 0.05) is 0 Å². The lowest BCUT2D eigenvalue weighted by molar-refractivity contribution is 0.317. The number of halogens is 2. The summed E-state index contributed by atoms with van der Waals surface area (Å²) < 4.78 is 19.1. The Morgan fingerprint density at radius 2 is 2.00 bits per heavy atom. The lowest BCUT2D eigenvalue weighted by atomic mass is 10.0. The second kappa shape index (κ2) is 5.93. The summed E-state index contributed by atoms with van der Waals surface area (Å²) in [6.45, 7) is 2.69. The van der Waals surface area contributed by atoms with Gasteiger partial charge in [-0.3, -0.25) is 0 Å². The zero-order valence-corrected chi connectivity index (χ0v) is 11.4. The maximum Gasteiger partial charge on any atom is 0.148 e. The van der Waals surface area contributed by atoms with Gasteiger partial charge in [-0.1, -0.05) is 30.7 Å². The molecule has 4 heteroatoms. The summed E-state index contributed by atoms with van der Waals surface area (Å²) in [5.41, 5.74) is 6.99. The van der Waals surface area contributed by atoms with Gasteiger partial charge in [-0.2, -0.15) is 0 Å². The molecular weight excluding hydrogens is 265 g/mol. The first-order valence-corrected chi connectivity index (χ1v) is 6.47. The Bertz CT molecular complexity index is 563. The van der Waals surface area contributed by atoms with Crippen molar-refractivity contribution in [3.63, 3.8) is 0 Å². The molecule has 19 heavy (non-hydrogen) atoms. The molecule has 0 heterocycles. The Labute approximate surface area is 117 Å². The van der Waals surface area contributed by atoms with Gasteiger partial charge in [-0.05, 0) is 41.8 Å². The Balaban J connectivity index is 2.36. The van der Waals surface area contributed by atoms with Crippen molar-refractivity contribution in [1.82, 2.24) is 0 Å². The van der Waals surface area contributed by atoms with Crippen LogP contribution in [0.15, 0.2) is 36.4 Å². The molecule has 2 rings (SSSR count). The van der Waals surface area contributed by atoms with Gasteiger partial charge in [-0.25, -0.2) is 4.39 Å². The van der Waals surface area contributed by atoms with Crippen LogP contribution in [-0.2, 0) is 0 Å². The van der Waals surface area contributed by atoms with Gasteiger partial charge in [0.15, 0.2) is 0 Å². The van der Waals surface area contributed by atoms with E-state index in [2.05, 4.69) is 0 Å². The van der Waals surface area contributed by atoms with E-state index in [-0.39, 0.29) is 10.7 Å². The lowest BCUT2D eigenvalue weighted by Gasteiger charge is -2.09. The van der Waals surface area contributed by atoms with E-state index in [1.54, 1.807) is 6.07 Å². The molecule has 0 bridgehead atoms. The maximum atomic E-state index is 13.6. The number of hydrogen-bond donors (Lipinski definition) is 1. The highest BCUT2D eigenvalue weighted by Gasteiger charge is 2.08. The summed E-state index contributed by atoms with van der Waals surface area (Å²) in [5.74, 6) is 0.245. The van der Waals surface area contributed by atoms with Crippen molar-refractivity contribution in [2.45, 2.75) is 13.3 Å². The van der Waals surface area contributed by atoms with Gasteiger partial charge < -0.3 is 10.5 Å². The van der Waals surface area contributed by atoms with Crippen molar-refractivity contribution in [1.29, 1.82) is 0 Å². The SMILES string of the molecule is CCCOc1cccc(-c2cc(F)c(N)c(Cl)c2)c1. The molecule has 0 aliphatic heterocycles. The molecule has 0 aromatic heterocycles. The fourth-order valence-electron chi connectivity index (χ4n) is 1.74. The van der Waals surface area contributed by atoms with Gasteiger partial charge in [0.1, 0.15) is 11.6 Å². The highest BCUT2D eigenvalue weighted by Crippen LogP contribution is 2.31. The number of benzene rings is 2. The molecule has 0 saturated heterocycles. The van der Waals surface area contributed by atoms with E-state index in [1.165, 1.54) is 6.07 Å². The molecule has 2 aromatic carbocycles. The predicted octanol–water partition coefficient (Wildman–Crippen LogP) is 4.52. The van der Waals surface area contributed by atoms with Crippen LogP contribution in [-0.4, -0.2) is 6.61 Å². The third-order valence-electron chi connectivity index (χ3n) is 2.72. The van der Waals surface area contributed by atoms with Crippen molar-refractivity contribution in [3.05, 3.63) is 47.2 Å². The van der Waals surface area contributed by atoms with Crippen LogP contribution in [0.2, 0.25) is 5.02 Å². The minimum Gasteiger partial charge on any atom is -0.494 e. The van der Waals surface area contributed by atoms with E-state index < -0.39 is 5.82 Å². The summed E-state index contributed by atoms with van der Waals surface area (Å²) in [6.07, 6.45) is 0.937. The highest BCUT2D eigenvalue weighted by molar-refractivity contribution is 6.33. The first kappa shape index (κ1) is 13.7. The minimum absolute atomic E-state index is 0.0243. The second-order valence-corrected chi connectivity index (χ2v) is 4.64. The van der Waals surface area contributed by atoms with Gasteiger partial charge in [-0.15, -0.1) is 0 Å². The van der Waals surface area contributed by atoms with Crippen LogP contribution < -0.4 is 10.5 Å². The standard InChI is InChI=1S/C15H15ClFNO/c1-2-6-19-12-5-3-4-10(7-12)11-8-13(16)15(18)14(17)9-11/h3-5,7-9H,2,6,18H2,1H3. The Morgan fingerprint density at radius 3 is 2.68 bits per heavy atom. The molecule has 0 saturated carbocycles. The van der Waals surface area contributed by atoms with E-state index in [9.17, 15) is 4.39 Å². The number of ether oxygens (including phenoxy) is 1. The molecular formula is C15H15ClFNO. The van der Waals surface area contributed by atoms with Crippen molar-refractivity contribution in [2.24, 2.45) is 0 Å². The molecule has 0 aliphatic rings. The van der Waals surface area contributed by atoms with E-state index in [1.807, 2.05) is 31.2 Å². The third kappa shape index (κ3) is 3.18. The van der Waals surface area contributed by atoms with Gasteiger partial charge >= 0.3 is 0 Å². The molecule has 2 N–H and O–H groups in total. The normalized spacial score (nSPS) is 10.5. The number of anilines is 1. The molecule has 100 valence electrons. The molecule has 2 aromatic rings. The largest absolute Gasteiger partial charge is 0.494 e. The topological polar surface area (TPSA) is 35.2 Å². The number of nitrogen functional groups attached to an aromatic ring is 1. The molecule has 0 fully saturated rings.